The molecule has 0 saturated carbocycles. The SMILES string of the molecule is Cc1cc(NC(=O)n2ccc3cc(Oc4ncnc5c4CNC5)ccc32)nn1C(C)C. The minimum absolute atomic E-state index is 0.225. The highest BCUT2D eigenvalue weighted by Gasteiger charge is 2.19. The van der Waals surface area contributed by atoms with Gasteiger partial charge in [-0.05, 0) is 45.0 Å². The van der Waals surface area contributed by atoms with Crippen LogP contribution in [-0.2, 0) is 13.1 Å². The van der Waals surface area contributed by atoms with Crippen LogP contribution in [0.3, 0.4) is 0 Å². The van der Waals surface area contributed by atoms with Crippen LogP contribution in [-0.4, -0.2) is 30.3 Å². The van der Waals surface area contributed by atoms with E-state index in [1.807, 2.05) is 41.9 Å². The summed E-state index contributed by atoms with van der Waals surface area (Å²) in [5.41, 5.74) is 3.72. The van der Waals surface area contributed by atoms with Crippen LogP contribution in [0.1, 0.15) is 36.8 Å². The highest BCUT2D eigenvalue weighted by molar-refractivity contribution is 5.98. The maximum Gasteiger partial charge on any atom is 0.331 e. The lowest BCUT2D eigenvalue weighted by atomic mass is 10.2. The molecular weight excluding hydrogens is 394 g/mol. The van der Waals surface area contributed by atoms with Crippen molar-refractivity contribution >= 4 is 22.8 Å². The minimum atomic E-state index is -0.267. The van der Waals surface area contributed by atoms with Gasteiger partial charge in [-0.3, -0.25) is 14.6 Å². The number of hydrogen-bond acceptors (Lipinski definition) is 6. The van der Waals surface area contributed by atoms with Crippen LogP contribution >= 0.6 is 0 Å². The molecule has 5 rings (SSSR count). The number of rotatable bonds is 4. The number of ether oxygens (including phenoxy) is 1. The van der Waals surface area contributed by atoms with Gasteiger partial charge < -0.3 is 10.1 Å². The molecule has 0 spiro atoms. The Morgan fingerprint density at radius 1 is 1.19 bits per heavy atom. The summed E-state index contributed by atoms with van der Waals surface area (Å²) in [5, 5.41) is 11.5. The van der Waals surface area contributed by atoms with Gasteiger partial charge in [0.2, 0.25) is 5.88 Å². The molecule has 3 aromatic heterocycles. The van der Waals surface area contributed by atoms with Gasteiger partial charge in [-0.1, -0.05) is 0 Å². The van der Waals surface area contributed by atoms with Gasteiger partial charge in [-0.25, -0.2) is 14.8 Å². The summed E-state index contributed by atoms with van der Waals surface area (Å²) in [6.45, 7) is 7.49. The summed E-state index contributed by atoms with van der Waals surface area (Å²) in [4.78, 5) is 21.4. The molecule has 0 radical (unpaired) electrons. The van der Waals surface area contributed by atoms with Crippen molar-refractivity contribution in [3.05, 3.63) is 59.8 Å². The molecule has 9 heteroatoms. The van der Waals surface area contributed by atoms with Crippen LogP contribution < -0.4 is 15.4 Å². The summed E-state index contributed by atoms with van der Waals surface area (Å²) in [5.74, 6) is 1.75. The third-order valence-electron chi connectivity index (χ3n) is 5.33. The molecule has 0 aliphatic carbocycles. The van der Waals surface area contributed by atoms with Crippen molar-refractivity contribution in [2.45, 2.75) is 39.9 Å². The normalized spacial score (nSPS) is 13.0. The highest BCUT2D eigenvalue weighted by atomic mass is 16.5. The lowest BCUT2D eigenvalue weighted by Crippen LogP contribution is -2.19. The molecule has 1 aliphatic heterocycles. The molecule has 0 atom stereocenters. The molecule has 1 amide bonds. The largest absolute Gasteiger partial charge is 0.439 e. The van der Waals surface area contributed by atoms with E-state index < -0.39 is 0 Å². The van der Waals surface area contributed by atoms with Crippen LogP contribution in [0.25, 0.3) is 10.9 Å². The Bertz CT molecular complexity index is 1290. The smallest absolute Gasteiger partial charge is 0.331 e. The number of aromatic nitrogens is 5. The third-order valence-corrected chi connectivity index (χ3v) is 5.33. The first kappa shape index (κ1) is 19.3. The standard InChI is InChI=1S/C22H23N7O2/c1-13(2)29-14(3)8-20(27-29)26-22(30)28-7-6-15-9-16(4-5-19(15)28)31-21-17-10-23-11-18(17)24-12-25-21/h4-9,12-13,23H,10-11H2,1-3H3,(H,26,27,30). The number of anilines is 1. The maximum atomic E-state index is 12.8. The first-order chi connectivity index (χ1) is 15.0. The number of benzene rings is 1. The van der Waals surface area contributed by atoms with Crippen molar-refractivity contribution in [1.29, 1.82) is 0 Å². The molecular formula is C22H23N7O2. The average molecular weight is 417 g/mol. The number of amides is 1. The Balaban J connectivity index is 1.38. The number of fused-ring (bicyclic) bond motifs is 2. The summed E-state index contributed by atoms with van der Waals surface area (Å²) in [7, 11) is 0. The van der Waals surface area contributed by atoms with Crippen LogP contribution in [0.2, 0.25) is 0 Å². The number of nitrogens with zero attached hydrogens (tertiary/aromatic N) is 5. The molecule has 0 bridgehead atoms. The molecule has 1 aliphatic rings. The summed E-state index contributed by atoms with van der Waals surface area (Å²) in [6.07, 6.45) is 3.26. The molecule has 0 unspecified atom stereocenters. The fraction of sp³-hybridized carbons (Fsp3) is 0.273. The molecule has 1 aromatic carbocycles. The highest BCUT2D eigenvalue weighted by Crippen LogP contribution is 2.29. The van der Waals surface area contributed by atoms with Crippen molar-refractivity contribution < 1.29 is 9.53 Å². The van der Waals surface area contributed by atoms with Crippen molar-refractivity contribution in [2.75, 3.05) is 5.32 Å². The van der Waals surface area contributed by atoms with Gasteiger partial charge in [-0.15, -0.1) is 0 Å². The molecule has 31 heavy (non-hydrogen) atoms. The lowest BCUT2D eigenvalue weighted by molar-refractivity contribution is 0.254. The van der Waals surface area contributed by atoms with Gasteiger partial charge >= 0.3 is 6.03 Å². The average Bonchev–Trinajstić information content (AvgIpc) is 3.46. The Morgan fingerprint density at radius 2 is 2.06 bits per heavy atom. The second-order valence-corrected chi connectivity index (χ2v) is 7.86. The van der Waals surface area contributed by atoms with E-state index in [1.165, 1.54) is 6.33 Å². The van der Waals surface area contributed by atoms with Gasteiger partial charge in [0.1, 0.15) is 12.1 Å². The first-order valence-electron chi connectivity index (χ1n) is 10.2. The molecule has 0 fully saturated rings. The van der Waals surface area contributed by atoms with E-state index in [1.54, 1.807) is 10.8 Å². The Hall–Kier alpha value is -3.72. The maximum absolute atomic E-state index is 12.8. The van der Waals surface area contributed by atoms with Crippen LogP contribution in [0, 0.1) is 6.92 Å². The van der Waals surface area contributed by atoms with Crippen molar-refractivity contribution in [2.24, 2.45) is 0 Å². The molecule has 4 aromatic rings. The lowest BCUT2D eigenvalue weighted by Gasteiger charge is -2.09. The molecule has 4 heterocycles. The van der Waals surface area contributed by atoms with Crippen molar-refractivity contribution in [3.8, 4) is 11.6 Å². The second-order valence-electron chi connectivity index (χ2n) is 7.86. The topological polar surface area (TPSA) is 98.9 Å². The van der Waals surface area contributed by atoms with Gasteiger partial charge in [0.05, 0.1) is 16.8 Å². The van der Waals surface area contributed by atoms with Crippen LogP contribution in [0.5, 0.6) is 11.6 Å². The number of carbonyl (C=O) groups excluding carboxylic acids is 1. The van der Waals surface area contributed by atoms with Crippen LogP contribution in [0.4, 0.5) is 10.6 Å². The fourth-order valence-electron chi connectivity index (χ4n) is 3.87. The fourth-order valence-corrected chi connectivity index (χ4v) is 3.87. The summed E-state index contributed by atoms with van der Waals surface area (Å²) in [6, 6.07) is 9.30. The molecule has 0 saturated heterocycles. The number of carbonyl (C=O) groups is 1. The van der Waals surface area contributed by atoms with E-state index in [4.69, 9.17) is 4.74 Å². The monoisotopic (exact) mass is 417 g/mol. The number of hydrogen-bond donors (Lipinski definition) is 2. The molecule has 2 N–H and O–H groups in total. The van der Waals surface area contributed by atoms with Crippen molar-refractivity contribution in [3.63, 3.8) is 0 Å². The predicted octanol–water partition coefficient (Wildman–Crippen LogP) is 3.99. The third kappa shape index (κ3) is 3.53. The zero-order valence-corrected chi connectivity index (χ0v) is 17.6. The van der Waals surface area contributed by atoms with E-state index in [0.29, 0.717) is 24.0 Å². The van der Waals surface area contributed by atoms with E-state index in [-0.39, 0.29) is 12.1 Å². The molecule has 9 nitrogen and oxygen atoms in total. The van der Waals surface area contributed by atoms with Gasteiger partial charge in [0.25, 0.3) is 0 Å². The van der Waals surface area contributed by atoms with Gasteiger partial charge in [0, 0.05) is 42.5 Å². The zero-order chi connectivity index (χ0) is 21.5. The number of aryl methyl sites for hydroxylation is 1. The van der Waals surface area contributed by atoms with Crippen LogP contribution in [0.15, 0.2) is 42.9 Å². The van der Waals surface area contributed by atoms with Crippen molar-refractivity contribution in [1.82, 2.24) is 29.6 Å². The quantitative estimate of drug-likeness (QED) is 0.521. The second kappa shape index (κ2) is 7.51. The summed E-state index contributed by atoms with van der Waals surface area (Å²) < 4.78 is 9.47. The van der Waals surface area contributed by atoms with E-state index in [9.17, 15) is 4.79 Å². The van der Waals surface area contributed by atoms with E-state index in [0.717, 1.165) is 34.4 Å². The predicted molar refractivity (Wildman–Crippen MR) is 116 cm³/mol. The first-order valence-corrected chi connectivity index (χ1v) is 10.2. The Morgan fingerprint density at radius 3 is 2.87 bits per heavy atom. The van der Waals surface area contributed by atoms with E-state index in [2.05, 4.69) is 39.5 Å². The van der Waals surface area contributed by atoms with Gasteiger partial charge in [0.15, 0.2) is 5.82 Å². The van der Waals surface area contributed by atoms with E-state index >= 15 is 0 Å². The zero-order valence-electron chi connectivity index (χ0n) is 17.6. The molecule has 158 valence electrons. The Kier molecular flexibility index (Phi) is 4.67. The summed E-state index contributed by atoms with van der Waals surface area (Å²) >= 11 is 0. The minimum Gasteiger partial charge on any atom is -0.439 e. The van der Waals surface area contributed by atoms with Gasteiger partial charge in [-0.2, -0.15) is 5.10 Å². The number of nitrogens with one attached hydrogen (secondary N) is 2. The Labute approximate surface area is 179 Å².